The second-order valence-electron chi connectivity index (χ2n) is 2.89. The molecule has 2 aromatic heterocycles. The Morgan fingerprint density at radius 3 is 2.80 bits per heavy atom. The number of aryl methyl sites for hydroxylation is 2. The molecule has 2 heterocycles. The zero-order valence-corrected chi connectivity index (χ0v) is 8.85. The van der Waals surface area contributed by atoms with Gasteiger partial charge in [-0.2, -0.15) is 0 Å². The predicted octanol–water partition coefficient (Wildman–Crippen LogP) is 1.16. The molecule has 0 aromatic carbocycles. The van der Waals surface area contributed by atoms with Gasteiger partial charge in [-0.1, -0.05) is 16.4 Å². The van der Waals surface area contributed by atoms with Crippen molar-refractivity contribution in [3.05, 3.63) is 21.3 Å². The van der Waals surface area contributed by atoms with Gasteiger partial charge in [0.05, 0.1) is 6.20 Å². The maximum absolute atomic E-state index is 10.8. The number of nitro groups is 1. The molecule has 0 radical (unpaired) electrons. The highest BCUT2D eigenvalue weighted by Gasteiger charge is 2.23. The van der Waals surface area contributed by atoms with E-state index in [1.807, 2.05) is 0 Å². The van der Waals surface area contributed by atoms with E-state index >= 15 is 0 Å². The summed E-state index contributed by atoms with van der Waals surface area (Å²) >= 11 is 1.31. The molecule has 7 nitrogen and oxygen atoms in total. The van der Waals surface area contributed by atoms with Gasteiger partial charge in [-0.05, 0) is 11.8 Å². The third-order valence-corrected chi connectivity index (χ3v) is 2.71. The van der Waals surface area contributed by atoms with Crippen LogP contribution >= 0.6 is 11.3 Å². The molecule has 0 spiro atoms. The molecule has 0 aliphatic carbocycles. The molecule has 0 aliphatic rings. The zero-order valence-electron chi connectivity index (χ0n) is 8.04. The van der Waals surface area contributed by atoms with Gasteiger partial charge in [0.1, 0.15) is 17.6 Å². The first-order valence-corrected chi connectivity index (χ1v) is 4.88. The molecule has 0 bridgehead atoms. The largest absolute Gasteiger partial charge is 0.358 e. The summed E-state index contributed by atoms with van der Waals surface area (Å²) in [6.45, 7) is 1.80. The minimum atomic E-state index is -0.473. The van der Waals surface area contributed by atoms with Crippen molar-refractivity contribution in [1.82, 2.24) is 20.0 Å². The standard InChI is InChI=1S/C7H7N5O2S/c1-4-9-10-6(15-4)5-3-8-11(2)7(5)12(13)14/h3H,1-2H3. The van der Waals surface area contributed by atoms with E-state index in [0.29, 0.717) is 10.6 Å². The Kier molecular flexibility index (Phi) is 2.19. The third kappa shape index (κ3) is 1.59. The zero-order chi connectivity index (χ0) is 11.0. The maximum atomic E-state index is 10.8. The van der Waals surface area contributed by atoms with Crippen molar-refractivity contribution >= 4 is 17.2 Å². The topological polar surface area (TPSA) is 86.7 Å². The smallest absolute Gasteiger partial charge is 0.355 e. The van der Waals surface area contributed by atoms with Crippen molar-refractivity contribution in [2.75, 3.05) is 0 Å². The summed E-state index contributed by atoms with van der Waals surface area (Å²) in [5.41, 5.74) is 0.410. The van der Waals surface area contributed by atoms with Crippen LogP contribution in [0.15, 0.2) is 6.20 Å². The summed E-state index contributed by atoms with van der Waals surface area (Å²) in [5, 5.41) is 23.6. The average Bonchev–Trinajstić information content (AvgIpc) is 2.71. The van der Waals surface area contributed by atoms with Crippen LogP contribution in [-0.4, -0.2) is 24.9 Å². The van der Waals surface area contributed by atoms with E-state index in [9.17, 15) is 10.1 Å². The van der Waals surface area contributed by atoms with E-state index in [4.69, 9.17) is 0 Å². The third-order valence-electron chi connectivity index (χ3n) is 1.84. The lowest BCUT2D eigenvalue weighted by Crippen LogP contribution is -1.99. The van der Waals surface area contributed by atoms with E-state index < -0.39 is 4.92 Å². The van der Waals surface area contributed by atoms with Gasteiger partial charge in [0, 0.05) is 0 Å². The number of rotatable bonds is 2. The van der Waals surface area contributed by atoms with Gasteiger partial charge < -0.3 is 10.1 Å². The highest BCUT2D eigenvalue weighted by atomic mass is 32.1. The van der Waals surface area contributed by atoms with Crippen molar-refractivity contribution in [3.8, 4) is 10.6 Å². The van der Waals surface area contributed by atoms with Crippen molar-refractivity contribution in [3.63, 3.8) is 0 Å². The van der Waals surface area contributed by atoms with Crippen molar-refractivity contribution in [1.29, 1.82) is 0 Å². The van der Waals surface area contributed by atoms with Gasteiger partial charge in [0.15, 0.2) is 5.01 Å². The summed E-state index contributed by atoms with van der Waals surface area (Å²) in [6, 6.07) is 0. The maximum Gasteiger partial charge on any atom is 0.355 e. The molecule has 0 N–H and O–H groups in total. The van der Waals surface area contributed by atoms with Crippen LogP contribution in [0.25, 0.3) is 10.6 Å². The van der Waals surface area contributed by atoms with Gasteiger partial charge in [-0.15, -0.1) is 14.9 Å². The van der Waals surface area contributed by atoms with Crippen molar-refractivity contribution in [2.24, 2.45) is 7.05 Å². The van der Waals surface area contributed by atoms with Gasteiger partial charge >= 0.3 is 5.82 Å². The van der Waals surface area contributed by atoms with Crippen LogP contribution in [0.2, 0.25) is 0 Å². The van der Waals surface area contributed by atoms with Crippen LogP contribution in [0.1, 0.15) is 5.01 Å². The molecule has 0 fully saturated rings. The molecule has 78 valence electrons. The predicted molar refractivity (Wildman–Crippen MR) is 53.5 cm³/mol. The van der Waals surface area contributed by atoms with E-state index in [-0.39, 0.29) is 5.82 Å². The number of hydrogen-bond acceptors (Lipinski definition) is 6. The highest BCUT2D eigenvalue weighted by Crippen LogP contribution is 2.30. The van der Waals surface area contributed by atoms with Gasteiger partial charge in [0.25, 0.3) is 0 Å². The Bertz CT molecular complexity index is 517. The van der Waals surface area contributed by atoms with Gasteiger partial charge in [0.2, 0.25) is 0 Å². The van der Waals surface area contributed by atoms with Gasteiger partial charge in [-0.25, -0.2) is 0 Å². The Labute approximate surface area is 88.5 Å². The molecule has 2 aromatic rings. The van der Waals surface area contributed by atoms with Crippen molar-refractivity contribution in [2.45, 2.75) is 6.92 Å². The SMILES string of the molecule is Cc1nnc(-c2cnn(C)c2[N+](=O)[O-])s1. The summed E-state index contributed by atoms with van der Waals surface area (Å²) < 4.78 is 1.21. The van der Waals surface area contributed by atoms with Crippen LogP contribution in [0, 0.1) is 17.0 Å². The Hall–Kier alpha value is -1.83. The van der Waals surface area contributed by atoms with Gasteiger partial charge in [-0.3, -0.25) is 0 Å². The summed E-state index contributed by atoms with van der Waals surface area (Å²) in [5.74, 6) is -0.0637. The quantitative estimate of drug-likeness (QED) is 0.565. The highest BCUT2D eigenvalue weighted by molar-refractivity contribution is 7.14. The Balaban J connectivity index is 2.58. The first-order valence-electron chi connectivity index (χ1n) is 4.06. The van der Waals surface area contributed by atoms with Crippen LogP contribution in [0.4, 0.5) is 5.82 Å². The normalized spacial score (nSPS) is 10.5. The monoisotopic (exact) mass is 225 g/mol. The van der Waals surface area contributed by atoms with E-state index in [2.05, 4.69) is 15.3 Å². The molecule has 0 amide bonds. The van der Waals surface area contributed by atoms with Crippen molar-refractivity contribution < 1.29 is 4.92 Å². The molecular weight excluding hydrogens is 218 g/mol. The van der Waals surface area contributed by atoms with Crippen LogP contribution in [0.5, 0.6) is 0 Å². The lowest BCUT2D eigenvalue weighted by Gasteiger charge is -1.94. The molecule has 0 unspecified atom stereocenters. The van der Waals surface area contributed by atoms with Crippen LogP contribution < -0.4 is 0 Å². The summed E-state index contributed by atoms with van der Waals surface area (Å²) in [6.07, 6.45) is 1.43. The lowest BCUT2D eigenvalue weighted by atomic mass is 10.3. The molecular formula is C7H7N5O2S. The molecule has 0 atom stereocenters. The molecule has 15 heavy (non-hydrogen) atoms. The summed E-state index contributed by atoms with van der Waals surface area (Å²) in [7, 11) is 1.52. The molecule has 0 saturated carbocycles. The van der Waals surface area contributed by atoms with Crippen LogP contribution in [-0.2, 0) is 7.05 Å². The molecule has 2 rings (SSSR count). The Morgan fingerprint density at radius 2 is 2.27 bits per heavy atom. The number of hydrogen-bond donors (Lipinski definition) is 0. The fourth-order valence-electron chi connectivity index (χ4n) is 1.20. The minimum Gasteiger partial charge on any atom is -0.358 e. The molecule has 8 heteroatoms. The second-order valence-corrected chi connectivity index (χ2v) is 4.07. The minimum absolute atomic E-state index is 0.0637. The number of nitrogens with zero attached hydrogens (tertiary/aromatic N) is 5. The number of aromatic nitrogens is 4. The average molecular weight is 225 g/mol. The fourth-order valence-corrected chi connectivity index (χ4v) is 1.90. The Morgan fingerprint density at radius 1 is 1.53 bits per heavy atom. The summed E-state index contributed by atoms with van der Waals surface area (Å²) in [4.78, 5) is 10.3. The van der Waals surface area contributed by atoms with E-state index in [1.165, 1.54) is 29.3 Å². The second kappa shape index (κ2) is 3.39. The first kappa shape index (κ1) is 9.71. The molecule has 0 saturated heterocycles. The lowest BCUT2D eigenvalue weighted by molar-refractivity contribution is -0.391. The fraction of sp³-hybridized carbons (Fsp3) is 0.286. The van der Waals surface area contributed by atoms with E-state index in [1.54, 1.807) is 6.92 Å². The molecule has 0 aliphatic heterocycles. The van der Waals surface area contributed by atoms with E-state index in [0.717, 1.165) is 5.01 Å². The van der Waals surface area contributed by atoms with Crippen LogP contribution in [0.3, 0.4) is 0 Å². The first-order chi connectivity index (χ1) is 7.09.